The fourth-order valence-corrected chi connectivity index (χ4v) is 4.80. The topological polar surface area (TPSA) is 97.6 Å². The molecule has 2 aromatic carbocycles. The summed E-state index contributed by atoms with van der Waals surface area (Å²) in [5.74, 6) is 1.93. The van der Waals surface area contributed by atoms with Crippen molar-refractivity contribution in [2.75, 3.05) is 44.2 Å². The predicted molar refractivity (Wildman–Crippen MR) is 139 cm³/mol. The average Bonchev–Trinajstić information content (AvgIpc) is 3.37. The Bertz CT molecular complexity index is 1370. The van der Waals surface area contributed by atoms with E-state index in [2.05, 4.69) is 60.5 Å². The average molecular weight is 500 g/mol. The number of hydrogen-bond donors (Lipinski definition) is 1. The van der Waals surface area contributed by atoms with Gasteiger partial charge in [-0.15, -0.1) is 0 Å². The van der Waals surface area contributed by atoms with Gasteiger partial charge in [0.05, 0.1) is 18.1 Å². The molecule has 2 aliphatic rings. The third-order valence-corrected chi connectivity index (χ3v) is 6.76. The van der Waals surface area contributed by atoms with Gasteiger partial charge in [0.2, 0.25) is 6.10 Å². The fraction of sp³-hybridized carbons (Fsp3) is 0.333. The smallest absolute Gasteiger partial charge is 0.264 e. The summed E-state index contributed by atoms with van der Waals surface area (Å²) >= 11 is 0. The molecule has 1 N–H and O–H groups in total. The molecule has 6 rings (SSSR count). The quantitative estimate of drug-likeness (QED) is 0.413. The van der Waals surface area contributed by atoms with E-state index < -0.39 is 6.10 Å². The second kappa shape index (κ2) is 10.4. The summed E-state index contributed by atoms with van der Waals surface area (Å²) in [6.07, 6.45) is 2.73. The molecule has 190 valence electrons. The molecule has 4 aromatic rings. The van der Waals surface area contributed by atoms with Crippen molar-refractivity contribution in [3.05, 3.63) is 72.7 Å². The number of carbonyl (C=O) groups is 1. The second-order valence-electron chi connectivity index (χ2n) is 9.21. The standard InChI is InChI=1S/C27H29N7O3/c35-27(24-18-36-22-8-4-5-9-23(22)37-24)28-10-11-34-26-21(16-31-34)25(29-19-30-26)33-14-12-32(13-15-33)17-20-6-2-1-3-7-20/h1-9,16,19,24H,10-15,17-18H2,(H,28,35). The predicted octanol–water partition coefficient (Wildman–Crippen LogP) is 2.10. The van der Waals surface area contributed by atoms with E-state index >= 15 is 0 Å². The van der Waals surface area contributed by atoms with Gasteiger partial charge in [0.1, 0.15) is 18.8 Å². The first-order valence-electron chi connectivity index (χ1n) is 12.6. The zero-order chi connectivity index (χ0) is 25.0. The van der Waals surface area contributed by atoms with E-state index in [1.54, 1.807) is 17.1 Å². The molecule has 0 bridgehead atoms. The number of nitrogens with one attached hydrogen (secondary N) is 1. The maximum Gasteiger partial charge on any atom is 0.264 e. The fourth-order valence-electron chi connectivity index (χ4n) is 4.80. The minimum Gasteiger partial charge on any atom is -0.485 e. The van der Waals surface area contributed by atoms with Crippen molar-refractivity contribution >= 4 is 22.8 Å². The molecule has 2 aliphatic heterocycles. The van der Waals surface area contributed by atoms with Crippen molar-refractivity contribution < 1.29 is 14.3 Å². The highest BCUT2D eigenvalue weighted by molar-refractivity contribution is 5.86. The number of para-hydroxylation sites is 2. The van der Waals surface area contributed by atoms with Crippen LogP contribution in [0.2, 0.25) is 0 Å². The molecule has 0 saturated carbocycles. The molecule has 0 spiro atoms. The molecule has 1 unspecified atom stereocenters. The Morgan fingerprint density at radius 1 is 0.973 bits per heavy atom. The molecule has 10 nitrogen and oxygen atoms in total. The lowest BCUT2D eigenvalue weighted by molar-refractivity contribution is -0.130. The van der Waals surface area contributed by atoms with E-state index in [4.69, 9.17) is 9.47 Å². The zero-order valence-corrected chi connectivity index (χ0v) is 20.5. The number of rotatable bonds is 7. The zero-order valence-electron chi connectivity index (χ0n) is 20.5. The summed E-state index contributed by atoms with van der Waals surface area (Å²) in [6.45, 7) is 5.76. The van der Waals surface area contributed by atoms with Gasteiger partial charge >= 0.3 is 0 Å². The molecule has 37 heavy (non-hydrogen) atoms. The van der Waals surface area contributed by atoms with Gasteiger partial charge in [0.15, 0.2) is 17.1 Å². The number of fused-ring (bicyclic) bond motifs is 2. The highest BCUT2D eigenvalue weighted by Crippen LogP contribution is 2.31. The SMILES string of the molecule is O=C(NCCn1ncc2c(N3CCN(Cc4ccccc4)CC3)ncnc21)C1COc2ccccc2O1. The van der Waals surface area contributed by atoms with Crippen LogP contribution in [0.3, 0.4) is 0 Å². The van der Waals surface area contributed by atoms with Crippen LogP contribution in [0.15, 0.2) is 67.1 Å². The lowest BCUT2D eigenvalue weighted by Gasteiger charge is -2.35. The first-order valence-corrected chi connectivity index (χ1v) is 12.6. The van der Waals surface area contributed by atoms with Gasteiger partial charge in [-0.1, -0.05) is 42.5 Å². The number of aromatic nitrogens is 4. The van der Waals surface area contributed by atoms with E-state index in [1.807, 2.05) is 24.4 Å². The van der Waals surface area contributed by atoms with Crippen LogP contribution in [0.5, 0.6) is 11.5 Å². The summed E-state index contributed by atoms with van der Waals surface area (Å²) in [6, 6.07) is 17.9. The highest BCUT2D eigenvalue weighted by atomic mass is 16.6. The molecule has 1 fully saturated rings. The van der Waals surface area contributed by atoms with Crippen molar-refractivity contribution in [3.63, 3.8) is 0 Å². The largest absolute Gasteiger partial charge is 0.485 e. The lowest BCUT2D eigenvalue weighted by atomic mass is 10.2. The summed E-state index contributed by atoms with van der Waals surface area (Å²) < 4.78 is 13.2. The number of piperazine rings is 1. The van der Waals surface area contributed by atoms with E-state index in [9.17, 15) is 4.79 Å². The summed E-state index contributed by atoms with van der Waals surface area (Å²) in [4.78, 5) is 26.5. The number of hydrogen-bond acceptors (Lipinski definition) is 8. The summed E-state index contributed by atoms with van der Waals surface area (Å²) in [5.41, 5.74) is 2.10. The van der Waals surface area contributed by atoms with Crippen LogP contribution in [0.1, 0.15) is 5.56 Å². The number of anilines is 1. The van der Waals surface area contributed by atoms with Gasteiger partial charge in [-0.2, -0.15) is 5.10 Å². The van der Waals surface area contributed by atoms with E-state index in [-0.39, 0.29) is 12.5 Å². The number of benzene rings is 2. The first kappa shape index (κ1) is 23.2. The van der Waals surface area contributed by atoms with Gasteiger partial charge in [-0.25, -0.2) is 14.6 Å². The van der Waals surface area contributed by atoms with Crippen molar-refractivity contribution in [3.8, 4) is 11.5 Å². The van der Waals surface area contributed by atoms with E-state index in [1.165, 1.54) is 5.56 Å². The summed E-state index contributed by atoms with van der Waals surface area (Å²) in [5, 5.41) is 8.38. The molecular formula is C27H29N7O3. The van der Waals surface area contributed by atoms with Gasteiger partial charge in [0.25, 0.3) is 5.91 Å². The maximum atomic E-state index is 12.6. The molecule has 4 heterocycles. The van der Waals surface area contributed by atoms with Crippen LogP contribution in [-0.4, -0.2) is 76.0 Å². The van der Waals surface area contributed by atoms with Crippen LogP contribution < -0.4 is 19.7 Å². The molecule has 10 heteroatoms. The molecule has 0 aliphatic carbocycles. The number of nitrogens with zero attached hydrogens (tertiary/aromatic N) is 6. The van der Waals surface area contributed by atoms with Crippen molar-refractivity contribution in [1.82, 2.24) is 30.0 Å². The number of ether oxygens (including phenoxy) is 2. The van der Waals surface area contributed by atoms with Gasteiger partial charge in [-0.05, 0) is 17.7 Å². The van der Waals surface area contributed by atoms with Gasteiger partial charge in [-0.3, -0.25) is 9.69 Å². The third-order valence-electron chi connectivity index (χ3n) is 6.76. The van der Waals surface area contributed by atoms with Crippen LogP contribution in [0.4, 0.5) is 5.82 Å². The van der Waals surface area contributed by atoms with Crippen molar-refractivity contribution in [1.29, 1.82) is 0 Å². The van der Waals surface area contributed by atoms with Crippen LogP contribution >= 0.6 is 0 Å². The first-order chi connectivity index (χ1) is 18.2. The molecule has 2 aromatic heterocycles. The van der Waals surface area contributed by atoms with Gasteiger partial charge < -0.3 is 19.7 Å². The maximum absolute atomic E-state index is 12.6. The normalized spacial score (nSPS) is 17.6. The van der Waals surface area contributed by atoms with Crippen molar-refractivity contribution in [2.45, 2.75) is 19.2 Å². The minimum absolute atomic E-state index is 0.183. The second-order valence-corrected chi connectivity index (χ2v) is 9.21. The number of carbonyl (C=O) groups excluding carboxylic acids is 1. The molecule has 1 amide bonds. The van der Waals surface area contributed by atoms with E-state index in [0.717, 1.165) is 49.6 Å². The van der Waals surface area contributed by atoms with E-state index in [0.29, 0.717) is 24.6 Å². The number of amides is 1. The van der Waals surface area contributed by atoms with Crippen molar-refractivity contribution in [2.24, 2.45) is 0 Å². The molecule has 1 atom stereocenters. The summed E-state index contributed by atoms with van der Waals surface area (Å²) in [7, 11) is 0. The minimum atomic E-state index is -0.682. The Morgan fingerprint density at radius 2 is 1.76 bits per heavy atom. The Hall–Kier alpha value is -4.18. The molecular weight excluding hydrogens is 470 g/mol. The molecule has 1 saturated heterocycles. The Kier molecular flexibility index (Phi) is 6.55. The lowest BCUT2D eigenvalue weighted by Crippen LogP contribution is -2.46. The van der Waals surface area contributed by atoms with Crippen LogP contribution in [0, 0.1) is 0 Å². The highest BCUT2D eigenvalue weighted by Gasteiger charge is 2.27. The van der Waals surface area contributed by atoms with Crippen LogP contribution in [-0.2, 0) is 17.9 Å². The Balaban J connectivity index is 1.04. The monoisotopic (exact) mass is 499 g/mol. The van der Waals surface area contributed by atoms with Crippen LogP contribution in [0.25, 0.3) is 11.0 Å². The Morgan fingerprint density at radius 3 is 2.59 bits per heavy atom. The third kappa shape index (κ3) is 5.05. The van der Waals surface area contributed by atoms with Gasteiger partial charge in [0, 0.05) is 39.3 Å². The molecule has 0 radical (unpaired) electrons. The Labute approximate surface area is 214 Å².